The van der Waals surface area contributed by atoms with E-state index in [1.807, 2.05) is 0 Å². The quantitative estimate of drug-likeness (QED) is 0.852. The summed E-state index contributed by atoms with van der Waals surface area (Å²) in [6.45, 7) is 1.60. The van der Waals surface area contributed by atoms with Gasteiger partial charge in [-0.15, -0.1) is 0 Å². The summed E-state index contributed by atoms with van der Waals surface area (Å²) in [5, 5.41) is 2.73. The van der Waals surface area contributed by atoms with Crippen LogP contribution in [0.2, 0.25) is 0 Å². The number of sulfonamides is 1. The van der Waals surface area contributed by atoms with E-state index in [0.29, 0.717) is 17.1 Å². The fourth-order valence-electron chi connectivity index (χ4n) is 3.23. The normalized spacial score (nSPS) is 14.9. The molecule has 142 valence electrons. The highest BCUT2D eigenvalue weighted by Crippen LogP contribution is 2.31. The van der Waals surface area contributed by atoms with Gasteiger partial charge in [-0.25, -0.2) is 8.42 Å². The van der Waals surface area contributed by atoms with E-state index in [9.17, 15) is 18.0 Å². The standard InChI is InChI=1S/C19H21N3O4S/c1-3-16(22(27(2,25)26)14-9-5-4-6-10-14)19(24)21-13-18(23)20-15-11-7-8-12-17(15)21/h4-12,16H,3,13H2,1-2H3,(H,20,23)/t16-/m0/s1. The van der Waals surface area contributed by atoms with Gasteiger partial charge < -0.3 is 5.32 Å². The lowest BCUT2D eigenvalue weighted by molar-refractivity contribution is -0.122. The molecule has 1 N–H and O–H groups in total. The summed E-state index contributed by atoms with van der Waals surface area (Å²) in [4.78, 5) is 26.7. The van der Waals surface area contributed by atoms with Crippen LogP contribution in [0.5, 0.6) is 0 Å². The summed E-state index contributed by atoms with van der Waals surface area (Å²) in [5.74, 6) is -0.753. The van der Waals surface area contributed by atoms with Crippen LogP contribution in [0.15, 0.2) is 54.6 Å². The van der Waals surface area contributed by atoms with Gasteiger partial charge in [0.15, 0.2) is 0 Å². The zero-order valence-corrected chi connectivity index (χ0v) is 15.9. The van der Waals surface area contributed by atoms with Crippen molar-refractivity contribution in [2.24, 2.45) is 0 Å². The number of carbonyl (C=O) groups excluding carboxylic acids is 2. The van der Waals surface area contributed by atoms with Crippen molar-refractivity contribution < 1.29 is 18.0 Å². The van der Waals surface area contributed by atoms with Gasteiger partial charge in [0, 0.05) is 0 Å². The number of nitrogens with one attached hydrogen (secondary N) is 1. The molecule has 2 aromatic rings. The maximum atomic E-state index is 13.3. The SMILES string of the molecule is CC[C@@H](C(=O)N1CC(=O)Nc2ccccc21)N(c1ccccc1)S(C)(=O)=O. The largest absolute Gasteiger partial charge is 0.323 e. The van der Waals surface area contributed by atoms with Crippen LogP contribution in [0.3, 0.4) is 0 Å². The Morgan fingerprint density at radius 2 is 1.78 bits per heavy atom. The number of para-hydroxylation sites is 3. The third kappa shape index (κ3) is 3.80. The molecule has 1 aliphatic heterocycles. The third-order valence-electron chi connectivity index (χ3n) is 4.36. The minimum absolute atomic E-state index is 0.154. The number of benzene rings is 2. The van der Waals surface area contributed by atoms with Gasteiger partial charge in [0.25, 0.3) is 5.91 Å². The summed E-state index contributed by atoms with van der Waals surface area (Å²) >= 11 is 0. The Morgan fingerprint density at radius 1 is 1.15 bits per heavy atom. The molecule has 3 rings (SSSR count). The molecule has 0 radical (unpaired) electrons. The number of rotatable bonds is 5. The van der Waals surface area contributed by atoms with E-state index in [4.69, 9.17) is 0 Å². The number of anilines is 3. The highest BCUT2D eigenvalue weighted by Gasteiger charge is 2.37. The van der Waals surface area contributed by atoms with Gasteiger partial charge in [-0.2, -0.15) is 0 Å². The molecular formula is C19H21N3O4S. The Balaban J connectivity index is 2.04. The van der Waals surface area contributed by atoms with Crippen molar-refractivity contribution in [1.29, 1.82) is 0 Å². The molecule has 1 heterocycles. The van der Waals surface area contributed by atoms with Crippen LogP contribution in [0.4, 0.5) is 17.1 Å². The minimum Gasteiger partial charge on any atom is -0.323 e. The van der Waals surface area contributed by atoms with E-state index in [1.54, 1.807) is 61.5 Å². The highest BCUT2D eigenvalue weighted by molar-refractivity contribution is 7.92. The lowest BCUT2D eigenvalue weighted by Crippen LogP contribution is -2.53. The van der Waals surface area contributed by atoms with Crippen LogP contribution in [-0.4, -0.2) is 39.1 Å². The van der Waals surface area contributed by atoms with E-state index in [2.05, 4.69) is 5.32 Å². The summed E-state index contributed by atoms with van der Waals surface area (Å²) in [5.41, 5.74) is 1.50. The molecule has 1 atom stereocenters. The van der Waals surface area contributed by atoms with Gasteiger partial charge in [-0.3, -0.25) is 18.8 Å². The average Bonchev–Trinajstić information content (AvgIpc) is 2.64. The predicted octanol–water partition coefficient (Wildman–Crippen LogP) is 2.22. The molecule has 8 heteroatoms. The van der Waals surface area contributed by atoms with Crippen LogP contribution >= 0.6 is 0 Å². The first kappa shape index (κ1) is 18.9. The molecule has 0 saturated heterocycles. The first-order valence-corrected chi connectivity index (χ1v) is 10.4. The molecule has 0 bridgehead atoms. The average molecular weight is 387 g/mol. The Bertz CT molecular complexity index is 960. The Kier molecular flexibility index (Phi) is 5.18. The monoisotopic (exact) mass is 387 g/mol. The van der Waals surface area contributed by atoms with Crippen molar-refractivity contribution in [2.75, 3.05) is 27.3 Å². The topological polar surface area (TPSA) is 86.8 Å². The van der Waals surface area contributed by atoms with Gasteiger partial charge >= 0.3 is 0 Å². The molecule has 2 aromatic carbocycles. The molecule has 2 amide bonds. The number of nitrogens with zero attached hydrogens (tertiary/aromatic N) is 2. The van der Waals surface area contributed by atoms with Crippen molar-refractivity contribution in [1.82, 2.24) is 0 Å². The fraction of sp³-hybridized carbons (Fsp3) is 0.263. The molecule has 0 unspecified atom stereocenters. The summed E-state index contributed by atoms with van der Waals surface area (Å²) in [7, 11) is -3.72. The third-order valence-corrected chi connectivity index (χ3v) is 5.54. The lowest BCUT2D eigenvalue weighted by atomic mass is 10.1. The number of fused-ring (bicyclic) bond motifs is 1. The number of hydrogen-bond donors (Lipinski definition) is 1. The Labute approximate surface area is 158 Å². The van der Waals surface area contributed by atoms with Crippen molar-refractivity contribution in [2.45, 2.75) is 19.4 Å². The number of amides is 2. The second-order valence-corrected chi connectivity index (χ2v) is 8.17. The maximum absolute atomic E-state index is 13.3. The van der Waals surface area contributed by atoms with Gasteiger partial charge in [-0.1, -0.05) is 37.3 Å². The minimum atomic E-state index is -3.72. The molecule has 0 aromatic heterocycles. The second-order valence-electron chi connectivity index (χ2n) is 6.31. The van der Waals surface area contributed by atoms with E-state index in [0.717, 1.165) is 10.6 Å². The van der Waals surface area contributed by atoms with Crippen LogP contribution in [0.25, 0.3) is 0 Å². The number of hydrogen-bond acceptors (Lipinski definition) is 4. The van der Waals surface area contributed by atoms with E-state index >= 15 is 0 Å². The van der Waals surface area contributed by atoms with Crippen LogP contribution < -0.4 is 14.5 Å². The predicted molar refractivity (Wildman–Crippen MR) is 105 cm³/mol. The zero-order chi connectivity index (χ0) is 19.6. The molecule has 27 heavy (non-hydrogen) atoms. The van der Waals surface area contributed by atoms with Crippen LogP contribution in [0, 0.1) is 0 Å². The smallest absolute Gasteiger partial charge is 0.251 e. The van der Waals surface area contributed by atoms with E-state index in [1.165, 1.54) is 4.90 Å². The highest BCUT2D eigenvalue weighted by atomic mass is 32.2. The molecular weight excluding hydrogens is 366 g/mol. The number of carbonyl (C=O) groups is 2. The summed E-state index contributed by atoms with van der Waals surface area (Å²) < 4.78 is 26.1. The van der Waals surface area contributed by atoms with Gasteiger partial charge in [0.1, 0.15) is 12.6 Å². The van der Waals surface area contributed by atoms with Crippen LogP contribution in [-0.2, 0) is 19.6 Å². The van der Waals surface area contributed by atoms with E-state index in [-0.39, 0.29) is 18.9 Å². The van der Waals surface area contributed by atoms with Gasteiger partial charge in [-0.05, 0) is 30.7 Å². The zero-order valence-electron chi connectivity index (χ0n) is 15.1. The first-order valence-electron chi connectivity index (χ1n) is 8.57. The Morgan fingerprint density at radius 3 is 2.41 bits per heavy atom. The Hall–Kier alpha value is -2.87. The van der Waals surface area contributed by atoms with Crippen molar-refractivity contribution in [3.8, 4) is 0 Å². The van der Waals surface area contributed by atoms with Crippen LogP contribution in [0.1, 0.15) is 13.3 Å². The summed E-state index contributed by atoms with van der Waals surface area (Å²) in [6, 6.07) is 14.5. The van der Waals surface area contributed by atoms with Crippen molar-refractivity contribution >= 4 is 38.9 Å². The summed E-state index contributed by atoms with van der Waals surface area (Å²) in [6.07, 6.45) is 1.34. The maximum Gasteiger partial charge on any atom is 0.251 e. The molecule has 0 saturated carbocycles. The lowest BCUT2D eigenvalue weighted by Gasteiger charge is -2.36. The molecule has 7 nitrogen and oxygen atoms in total. The van der Waals surface area contributed by atoms with Crippen molar-refractivity contribution in [3.63, 3.8) is 0 Å². The molecule has 0 fully saturated rings. The second kappa shape index (κ2) is 7.40. The van der Waals surface area contributed by atoms with E-state index < -0.39 is 22.0 Å². The molecule has 0 spiro atoms. The van der Waals surface area contributed by atoms with Gasteiger partial charge in [0.05, 0.1) is 23.3 Å². The molecule has 0 aliphatic carbocycles. The van der Waals surface area contributed by atoms with Gasteiger partial charge in [0.2, 0.25) is 15.9 Å². The van der Waals surface area contributed by atoms with Crippen molar-refractivity contribution in [3.05, 3.63) is 54.6 Å². The first-order chi connectivity index (χ1) is 12.8. The molecule has 1 aliphatic rings. The fourth-order valence-corrected chi connectivity index (χ4v) is 4.43.